The minimum absolute atomic E-state index is 0.0160. The summed E-state index contributed by atoms with van der Waals surface area (Å²) in [7, 11) is 1.64. The normalized spacial score (nSPS) is 10.3. The molecule has 100 valence electrons. The zero-order valence-electron chi connectivity index (χ0n) is 11.3. The third kappa shape index (κ3) is 3.35. The van der Waals surface area contributed by atoms with Crippen molar-refractivity contribution in [2.75, 3.05) is 7.11 Å². The molecule has 1 aromatic heterocycles. The molecule has 3 nitrogen and oxygen atoms in total. The van der Waals surface area contributed by atoms with Gasteiger partial charge in [-0.3, -0.25) is 4.79 Å². The molecular weight excluding hydrogens is 258 g/mol. The van der Waals surface area contributed by atoms with Gasteiger partial charge in [0, 0.05) is 16.3 Å². The first-order valence-electron chi connectivity index (χ1n) is 6.08. The lowest BCUT2D eigenvalue weighted by molar-refractivity contribution is 0.0951. The van der Waals surface area contributed by atoms with Crippen molar-refractivity contribution >= 4 is 17.2 Å². The topological polar surface area (TPSA) is 38.3 Å². The van der Waals surface area contributed by atoms with Crippen LogP contribution in [0.4, 0.5) is 0 Å². The fraction of sp³-hybridized carbons (Fsp3) is 0.267. The zero-order valence-corrected chi connectivity index (χ0v) is 12.1. The predicted octanol–water partition coefficient (Wildman–Crippen LogP) is 3.30. The van der Waals surface area contributed by atoms with E-state index < -0.39 is 0 Å². The van der Waals surface area contributed by atoms with Crippen LogP contribution in [-0.2, 0) is 6.54 Å². The molecule has 2 aromatic rings. The lowest BCUT2D eigenvalue weighted by atomic mass is 10.2. The molecule has 0 aliphatic rings. The first-order valence-corrected chi connectivity index (χ1v) is 6.90. The molecule has 0 radical (unpaired) electrons. The van der Waals surface area contributed by atoms with Gasteiger partial charge in [-0.25, -0.2) is 0 Å². The Kier molecular flexibility index (Phi) is 4.22. The molecular formula is C15H17NO2S. The van der Waals surface area contributed by atoms with Gasteiger partial charge in [-0.15, -0.1) is 11.3 Å². The van der Waals surface area contributed by atoms with E-state index in [-0.39, 0.29) is 5.91 Å². The maximum absolute atomic E-state index is 12.0. The number of methoxy groups -OCH3 is 1. The van der Waals surface area contributed by atoms with Crippen LogP contribution in [0, 0.1) is 13.8 Å². The summed E-state index contributed by atoms with van der Waals surface area (Å²) in [5.41, 5.74) is 1.83. The van der Waals surface area contributed by atoms with E-state index in [0.717, 1.165) is 26.6 Å². The van der Waals surface area contributed by atoms with Crippen molar-refractivity contribution < 1.29 is 9.53 Å². The van der Waals surface area contributed by atoms with Crippen LogP contribution >= 0.6 is 11.3 Å². The first kappa shape index (κ1) is 13.6. The van der Waals surface area contributed by atoms with Gasteiger partial charge in [-0.1, -0.05) is 12.1 Å². The molecule has 0 bridgehead atoms. The molecule has 0 unspecified atom stereocenters. The van der Waals surface area contributed by atoms with Crippen LogP contribution in [0.15, 0.2) is 30.3 Å². The standard InChI is InChI=1S/C15H17NO2S/c1-10-8-14(11(2)19-10)15(17)16-9-12-4-6-13(18-3)7-5-12/h4-8H,9H2,1-3H3,(H,16,17). The Labute approximate surface area is 117 Å². The summed E-state index contributed by atoms with van der Waals surface area (Å²) < 4.78 is 5.10. The number of hydrogen-bond acceptors (Lipinski definition) is 3. The summed E-state index contributed by atoms with van der Waals surface area (Å²) in [5.74, 6) is 0.803. The van der Waals surface area contributed by atoms with Crippen molar-refractivity contribution in [1.82, 2.24) is 5.32 Å². The van der Waals surface area contributed by atoms with Crippen LogP contribution in [0.25, 0.3) is 0 Å². The van der Waals surface area contributed by atoms with Gasteiger partial charge >= 0.3 is 0 Å². The van der Waals surface area contributed by atoms with Crippen molar-refractivity contribution in [3.05, 3.63) is 51.2 Å². The van der Waals surface area contributed by atoms with Gasteiger partial charge in [0.2, 0.25) is 0 Å². The third-order valence-corrected chi connectivity index (χ3v) is 3.86. The lowest BCUT2D eigenvalue weighted by Gasteiger charge is -2.06. The molecule has 2 rings (SSSR count). The number of aryl methyl sites for hydroxylation is 2. The second kappa shape index (κ2) is 5.89. The molecule has 0 atom stereocenters. The van der Waals surface area contributed by atoms with Gasteiger partial charge in [0.25, 0.3) is 5.91 Å². The molecule has 0 aliphatic carbocycles. The summed E-state index contributed by atoms with van der Waals surface area (Å²) in [6, 6.07) is 9.61. The first-order chi connectivity index (χ1) is 9.10. The Balaban J connectivity index is 1.98. The molecule has 0 aliphatic heterocycles. The van der Waals surface area contributed by atoms with Crippen molar-refractivity contribution in [3.8, 4) is 5.75 Å². The van der Waals surface area contributed by atoms with Crippen LogP contribution < -0.4 is 10.1 Å². The Bertz CT molecular complexity index is 572. The van der Waals surface area contributed by atoms with Gasteiger partial charge < -0.3 is 10.1 Å². The fourth-order valence-electron chi connectivity index (χ4n) is 1.88. The summed E-state index contributed by atoms with van der Waals surface area (Å²) in [4.78, 5) is 14.3. The number of amides is 1. The highest BCUT2D eigenvalue weighted by atomic mass is 32.1. The molecule has 1 heterocycles. The minimum atomic E-state index is -0.0160. The Hall–Kier alpha value is -1.81. The van der Waals surface area contributed by atoms with E-state index in [1.165, 1.54) is 0 Å². The van der Waals surface area contributed by atoms with Crippen molar-refractivity contribution in [2.45, 2.75) is 20.4 Å². The summed E-state index contributed by atoms with van der Waals surface area (Å²) in [6.45, 7) is 4.51. The molecule has 1 amide bonds. The molecule has 4 heteroatoms. The highest BCUT2D eigenvalue weighted by Crippen LogP contribution is 2.20. The maximum Gasteiger partial charge on any atom is 0.252 e. The molecule has 0 spiro atoms. The van der Waals surface area contributed by atoms with Crippen molar-refractivity contribution in [1.29, 1.82) is 0 Å². The van der Waals surface area contributed by atoms with Crippen LogP contribution in [0.2, 0.25) is 0 Å². The number of carbonyl (C=O) groups excluding carboxylic acids is 1. The Morgan fingerprint density at radius 3 is 2.47 bits per heavy atom. The van der Waals surface area contributed by atoms with Gasteiger partial charge in [0.1, 0.15) is 5.75 Å². The van der Waals surface area contributed by atoms with E-state index in [0.29, 0.717) is 6.54 Å². The van der Waals surface area contributed by atoms with E-state index >= 15 is 0 Å². The van der Waals surface area contributed by atoms with E-state index in [1.807, 2.05) is 44.2 Å². The number of carbonyl (C=O) groups is 1. The quantitative estimate of drug-likeness (QED) is 0.929. The summed E-state index contributed by atoms with van der Waals surface area (Å²) >= 11 is 1.65. The molecule has 1 N–H and O–H groups in total. The van der Waals surface area contributed by atoms with Crippen molar-refractivity contribution in [2.24, 2.45) is 0 Å². The largest absolute Gasteiger partial charge is 0.497 e. The molecule has 0 saturated carbocycles. The maximum atomic E-state index is 12.0. The van der Waals surface area contributed by atoms with Gasteiger partial charge in [0.05, 0.1) is 12.7 Å². The Morgan fingerprint density at radius 1 is 1.26 bits per heavy atom. The summed E-state index contributed by atoms with van der Waals surface area (Å²) in [5, 5.41) is 2.93. The third-order valence-electron chi connectivity index (χ3n) is 2.90. The molecule has 0 fully saturated rings. The minimum Gasteiger partial charge on any atom is -0.497 e. The number of ether oxygens (including phenoxy) is 1. The average molecular weight is 275 g/mol. The number of nitrogens with one attached hydrogen (secondary N) is 1. The second-order valence-electron chi connectivity index (χ2n) is 4.36. The summed E-state index contributed by atoms with van der Waals surface area (Å²) in [6.07, 6.45) is 0. The molecule has 0 saturated heterocycles. The van der Waals surface area contributed by atoms with Gasteiger partial charge in [-0.2, -0.15) is 0 Å². The number of hydrogen-bond donors (Lipinski definition) is 1. The Morgan fingerprint density at radius 2 is 1.95 bits per heavy atom. The van der Waals surface area contributed by atoms with E-state index in [2.05, 4.69) is 5.32 Å². The SMILES string of the molecule is COc1ccc(CNC(=O)c2cc(C)sc2C)cc1. The molecule has 19 heavy (non-hydrogen) atoms. The van der Waals surface area contributed by atoms with Gasteiger partial charge in [-0.05, 0) is 37.6 Å². The van der Waals surface area contributed by atoms with Gasteiger partial charge in [0.15, 0.2) is 0 Å². The van der Waals surface area contributed by atoms with E-state index in [9.17, 15) is 4.79 Å². The number of thiophene rings is 1. The number of benzene rings is 1. The lowest BCUT2D eigenvalue weighted by Crippen LogP contribution is -2.22. The van der Waals surface area contributed by atoms with E-state index in [1.54, 1.807) is 18.4 Å². The monoisotopic (exact) mass is 275 g/mol. The van der Waals surface area contributed by atoms with Crippen LogP contribution in [0.1, 0.15) is 25.7 Å². The van der Waals surface area contributed by atoms with Crippen LogP contribution in [0.3, 0.4) is 0 Å². The highest BCUT2D eigenvalue weighted by Gasteiger charge is 2.11. The second-order valence-corrected chi connectivity index (χ2v) is 5.82. The van der Waals surface area contributed by atoms with Crippen LogP contribution in [-0.4, -0.2) is 13.0 Å². The van der Waals surface area contributed by atoms with E-state index in [4.69, 9.17) is 4.74 Å². The average Bonchev–Trinajstić information content (AvgIpc) is 2.75. The predicted molar refractivity (Wildman–Crippen MR) is 78.0 cm³/mol. The highest BCUT2D eigenvalue weighted by molar-refractivity contribution is 7.12. The van der Waals surface area contributed by atoms with Crippen molar-refractivity contribution in [3.63, 3.8) is 0 Å². The number of rotatable bonds is 4. The smallest absolute Gasteiger partial charge is 0.252 e. The molecule has 1 aromatic carbocycles. The van der Waals surface area contributed by atoms with Crippen LogP contribution in [0.5, 0.6) is 5.75 Å². The zero-order chi connectivity index (χ0) is 13.8. The fourth-order valence-corrected chi connectivity index (χ4v) is 2.80.